The molecule has 1 atom stereocenters. The van der Waals surface area contributed by atoms with Gasteiger partial charge in [0.25, 0.3) is 0 Å². The molecule has 0 aliphatic carbocycles. The molecule has 0 fully saturated rings. The van der Waals surface area contributed by atoms with Crippen LogP contribution in [0.2, 0.25) is 0 Å². The first-order valence-corrected chi connectivity index (χ1v) is 8.84. The molecular weight excluding hydrogens is 400 g/mol. The fourth-order valence-corrected chi connectivity index (χ4v) is 3.27. The molecule has 0 radical (unpaired) electrons. The Bertz CT molecular complexity index is 629. The minimum absolute atomic E-state index is 0. The molecule has 1 aromatic carbocycles. The van der Waals surface area contributed by atoms with Crippen molar-refractivity contribution < 1.29 is 4.74 Å². The van der Waals surface area contributed by atoms with Gasteiger partial charge < -0.3 is 20.7 Å². The number of nitrogens with zero attached hydrogens (tertiary/aromatic N) is 2. The van der Waals surface area contributed by atoms with Crippen LogP contribution in [0.3, 0.4) is 0 Å². The number of rotatable bonds is 8. The van der Waals surface area contributed by atoms with E-state index >= 15 is 0 Å². The maximum absolute atomic E-state index is 5.99. The predicted molar refractivity (Wildman–Crippen MR) is 112 cm³/mol. The first-order chi connectivity index (χ1) is 11.6. The van der Waals surface area contributed by atoms with E-state index in [4.69, 9.17) is 10.5 Å². The number of hydrogen-bond acceptors (Lipinski definition) is 4. The standard InChI is InChI=1S/C18H26N4OS.BrH/c1-22(2)16(17-5-4-12-24-17)13-21-18(19)20-11-10-14-6-8-15(23-3)9-7-14;/h4-9,12,16H,10-11,13H2,1-3H3,(H3,19,20,21);1H. The third kappa shape index (κ3) is 7.05. The van der Waals surface area contributed by atoms with Crippen LogP contribution in [0.5, 0.6) is 5.75 Å². The zero-order chi connectivity index (χ0) is 17.4. The van der Waals surface area contributed by atoms with Crippen molar-refractivity contribution in [1.82, 2.24) is 10.2 Å². The van der Waals surface area contributed by atoms with E-state index in [1.807, 2.05) is 12.1 Å². The molecule has 1 heterocycles. The Balaban J connectivity index is 0.00000312. The molecule has 2 rings (SSSR count). The van der Waals surface area contributed by atoms with E-state index in [9.17, 15) is 0 Å². The Labute approximate surface area is 164 Å². The van der Waals surface area contributed by atoms with Gasteiger partial charge in [-0.2, -0.15) is 0 Å². The summed E-state index contributed by atoms with van der Waals surface area (Å²) in [7, 11) is 5.80. The molecule has 0 saturated heterocycles. The van der Waals surface area contributed by atoms with Crippen molar-refractivity contribution in [2.24, 2.45) is 10.7 Å². The minimum Gasteiger partial charge on any atom is -0.497 e. The quantitative estimate of drug-likeness (QED) is 0.502. The lowest BCUT2D eigenvalue weighted by Crippen LogP contribution is -2.34. The first-order valence-electron chi connectivity index (χ1n) is 7.96. The highest BCUT2D eigenvalue weighted by Gasteiger charge is 2.14. The van der Waals surface area contributed by atoms with Gasteiger partial charge in [0, 0.05) is 11.4 Å². The van der Waals surface area contributed by atoms with Gasteiger partial charge in [0.15, 0.2) is 5.96 Å². The van der Waals surface area contributed by atoms with Gasteiger partial charge in [0.05, 0.1) is 19.7 Å². The molecule has 0 bridgehead atoms. The molecule has 0 spiro atoms. The number of benzene rings is 1. The Morgan fingerprint density at radius 1 is 1.28 bits per heavy atom. The topological polar surface area (TPSA) is 62.9 Å². The molecule has 3 N–H and O–H groups in total. The number of ether oxygens (including phenoxy) is 1. The SMILES string of the molecule is Br.COc1ccc(CCNC(N)=NCC(c2cccs2)N(C)C)cc1. The van der Waals surface area contributed by atoms with Crippen LogP contribution in [-0.4, -0.2) is 45.2 Å². The van der Waals surface area contributed by atoms with Crippen molar-refractivity contribution >= 4 is 34.3 Å². The average molecular weight is 427 g/mol. The summed E-state index contributed by atoms with van der Waals surface area (Å²) in [4.78, 5) is 7.96. The van der Waals surface area contributed by atoms with Gasteiger partial charge in [0.1, 0.15) is 5.75 Å². The van der Waals surface area contributed by atoms with E-state index in [0.717, 1.165) is 18.7 Å². The van der Waals surface area contributed by atoms with Crippen molar-refractivity contribution in [3.63, 3.8) is 0 Å². The van der Waals surface area contributed by atoms with Gasteiger partial charge in [-0.05, 0) is 49.7 Å². The van der Waals surface area contributed by atoms with E-state index in [1.54, 1.807) is 18.4 Å². The smallest absolute Gasteiger partial charge is 0.188 e. The summed E-state index contributed by atoms with van der Waals surface area (Å²) in [5, 5.41) is 5.27. The van der Waals surface area contributed by atoms with Crippen molar-refractivity contribution in [1.29, 1.82) is 0 Å². The third-order valence-corrected chi connectivity index (χ3v) is 4.78. The molecule has 5 nitrogen and oxygen atoms in total. The molecular formula is C18H27BrN4OS. The average Bonchev–Trinajstić information content (AvgIpc) is 3.09. The number of nitrogens with one attached hydrogen (secondary N) is 1. The van der Waals surface area contributed by atoms with E-state index in [1.165, 1.54) is 10.4 Å². The second-order valence-corrected chi connectivity index (χ2v) is 6.72. The number of nitrogens with two attached hydrogens (primary N) is 1. The van der Waals surface area contributed by atoms with E-state index in [-0.39, 0.29) is 23.0 Å². The number of likely N-dealkylation sites (N-methyl/N-ethyl adjacent to an activating group) is 1. The zero-order valence-corrected chi connectivity index (χ0v) is 17.5. The van der Waals surface area contributed by atoms with Crippen LogP contribution < -0.4 is 15.8 Å². The van der Waals surface area contributed by atoms with Crippen LogP contribution in [-0.2, 0) is 6.42 Å². The highest BCUT2D eigenvalue weighted by atomic mass is 79.9. The summed E-state index contributed by atoms with van der Waals surface area (Å²) in [6.45, 7) is 1.40. The Morgan fingerprint density at radius 2 is 2.00 bits per heavy atom. The molecule has 138 valence electrons. The second kappa shape index (κ2) is 11.1. The normalized spacial score (nSPS) is 12.6. The molecule has 25 heavy (non-hydrogen) atoms. The number of halogens is 1. The molecule has 7 heteroatoms. The highest BCUT2D eigenvalue weighted by Crippen LogP contribution is 2.23. The summed E-state index contributed by atoms with van der Waals surface area (Å²) < 4.78 is 5.16. The lowest BCUT2D eigenvalue weighted by molar-refractivity contribution is 0.310. The molecule has 1 aromatic heterocycles. The van der Waals surface area contributed by atoms with Crippen LogP contribution in [0.4, 0.5) is 0 Å². The van der Waals surface area contributed by atoms with E-state index < -0.39 is 0 Å². The van der Waals surface area contributed by atoms with Gasteiger partial charge in [-0.25, -0.2) is 0 Å². The van der Waals surface area contributed by atoms with Gasteiger partial charge >= 0.3 is 0 Å². The van der Waals surface area contributed by atoms with Crippen molar-refractivity contribution in [3.8, 4) is 5.75 Å². The predicted octanol–water partition coefficient (Wildman–Crippen LogP) is 3.08. The number of aliphatic imine (C=N–C) groups is 1. The van der Waals surface area contributed by atoms with Crippen LogP contribution in [0.1, 0.15) is 16.5 Å². The number of guanidine groups is 1. The van der Waals surface area contributed by atoms with E-state index in [0.29, 0.717) is 12.5 Å². The molecule has 0 amide bonds. The molecule has 1 unspecified atom stereocenters. The summed E-state index contributed by atoms with van der Waals surface area (Å²) in [6.07, 6.45) is 0.891. The molecule has 0 saturated carbocycles. The minimum atomic E-state index is 0. The Hall–Kier alpha value is -1.57. The van der Waals surface area contributed by atoms with Crippen LogP contribution >= 0.6 is 28.3 Å². The fourth-order valence-electron chi connectivity index (χ4n) is 2.36. The molecule has 0 aliphatic rings. The summed E-state index contributed by atoms with van der Waals surface area (Å²) in [5.41, 5.74) is 7.23. The van der Waals surface area contributed by atoms with Crippen LogP contribution in [0.15, 0.2) is 46.8 Å². The number of hydrogen-bond donors (Lipinski definition) is 2. The van der Waals surface area contributed by atoms with Crippen LogP contribution in [0.25, 0.3) is 0 Å². The second-order valence-electron chi connectivity index (χ2n) is 5.75. The maximum Gasteiger partial charge on any atom is 0.188 e. The first kappa shape index (κ1) is 21.5. The highest BCUT2D eigenvalue weighted by molar-refractivity contribution is 8.93. The summed E-state index contributed by atoms with van der Waals surface area (Å²) in [6, 6.07) is 12.5. The van der Waals surface area contributed by atoms with Crippen LogP contribution in [0, 0.1) is 0 Å². The lowest BCUT2D eigenvalue weighted by Gasteiger charge is -2.21. The third-order valence-electron chi connectivity index (χ3n) is 3.81. The maximum atomic E-state index is 5.99. The van der Waals surface area contributed by atoms with Gasteiger partial charge in [0.2, 0.25) is 0 Å². The van der Waals surface area contributed by atoms with Gasteiger partial charge in [-0.1, -0.05) is 18.2 Å². The van der Waals surface area contributed by atoms with Gasteiger partial charge in [-0.15, -0.1) is 28.3 Å². The monoisotopic (exact) mass is 426 g/mol. The zero-order valence-electron chi connectivity index (χ0n) is 14.9. The number of methoxy groups -OCH3 is 1. The van der Waals surface area contributed by atoms with Crippen molar-refractivity contribution in [3.05, 3.63) is 52.2 Å². The number of thiophene rings is 1. The van der Waals surface area contributed by atoms with Gasteiger partial charge in [-0.3, -0.25) is 4.99 Å². The van der Waals surface area contributed by atoms with Crippen molar-refractivity contribution in [2.45, 2.75) is 12.5 Å². The molecule has 0 aliphatic heterocycles. The lowest BCUT2D eigenvalue weighted by atomic mass is 10.1. The summed E-state index contributed by atoms with van der Waals surface area (Å²) >= 11 is 1.75. The van der Waals surface area contributed by atoms with Crippen molar-refractivity contribution in [2.75, 3.05) is 34.3 Å². The molecule has 2 aromatic rings. The Morgan fingerprint density at radius 3 is 2.56 bits per heavy atom. The summed E-state index contributed by atoms with van der Waals surface area (Å²) in [5.74, 6) is 1.36. The Kier molecular flexibility index (Phi) is 9.55. The largest absolute Gasteiger partial charge is 0.497 e. The fraction of sp³-hybridized carbons (Fsp3) is 0.389. The van der Waals surface area contributed by atoms with E-state index in [2.05, 4.69) is 58.9 Å².